The van der Waals surface area contributed by atoms with E-state index in [9.17, 15) is 4.79 Å². The second kappa shape index (κ2) is 3.99. The maximum atomic E-state index is 12.5. The van der Waals surface area contributed by atoms with Crippen LogP contribution in [0.25, 0.3) is 11.0 Å². The van der Waals surface area contributed by atoms with Crippen LogP contribution in [0, 0.1) is 0 Å². The van der Waals surface area contributed by atoms with Crippen molar-refractivity contribution in [2.24, 2.45) is 0 Å². The van der Waals surface area contributed by atoms with Gasteiger partial charge < -0.3 is 9.64 Å². The zero-order valence-electron chi connectivity index (χ0n) is 10.3. The number of hydrogen-bond acceptors (Lipinski definition) is 4. The van der Waals surface area contributed by atoms with E-state index in [0.29, 0.717) is 18.7 Å². The van der Waals surface area contributed by atoms with E-state index in [0.717, 1.165) is 17.5 Å². The number of benzene rings is 1. The van der Waals surface area contributed by atoms with Gasteiger partial charge >= 0.3 is 0 Å². The fraction of sp³-hybridized carbons (Fsp3) is 0.357. The number of ether oxygens (including phenoxy) is 1. The number of amides is 1. The van der Waals surface area contributed by atoms with Gasteiger partial charge in [0.25, 0.3) is 5.91 Å². The van der Waals surface area contributed by atoms with Crippen LogP contribution in [0.4, 0.5) is 0 Å². The second-order valence-electron chi connectivity index (χ2n) is 5.06. The average molecular weight is 255 g/mol. The van der Waals surface area contributed by atoms with Crippen LogP contribution in [-0.4, -0.2) is 46.1 Å². The number of carbonyl (C=O) groups is 1. The molecular weight excluding hydrogens is 242 g/mol. The fourth-order valence-corrected chi connectivity index (χ4v) is 2.91. The van der Waals surface area contributed by atoms with Gasteiger partial charge in [-0.2, -0.15) is 0 Å². The Morgan fingerprint density at radius 1 is 1.26 bits per heavy atom. The quantitative estimate of drug-likeness (QED) is 0.769. The van der Waals surface area contributed by atoms with Gasteiger partial charge in [0.05, 0.1) is 29.8 Å². The Balaban J connectivity index is 1.68. The first-order valence-electron chi connectivity index (χ1n) is 6.44. The van der Waals surface area contributed by atoms with Crippen LogP contribution in [0.5, 0.6) is 0 Å². The molecule has 5 heteroatoms. The van der Waals surface area contributed by atoms with E-state index in [1.54, 1.807) is 12.4 Å². The van der Waals surface area contributed by atoms with E-state index < -0.39 is 0 Å². The van der Waals surface area contributed by atoms with Crippen LogP contribution in [0.3, 0.4) is 0 Å². The number of fused-ring (bicyclic) bond motifs is 3. The first-order chi connectivity index (χ1) is 9.31. The van der Waals surface area contributed by atoms with Crippen LogP contribution in [0.1, 0.15) is 16.8 Å². The molecule has 0 aliphatic carbocycles. The first kappa shape index (κ1) is 10.9. The minimum absolute atomic E-state index is 0.0725. The number of carbonyl (C=O) groups excluding carboxylic acids is 1. The molecule has 1 amide bonds. The van der Waals surface area contributed by atoms with Gasteiger partial charge in [0.1, 0.15) is 0 Å². The number of likely N-dealkylation sites (tertiary alicyclic amines) is 1. The van der Waals surface area contributed by atoms with Gasteiger partial charge in [0, 0.05) is 24.5 Å². The smallest absolute Gasteiger partial charge is 0.254 e. The van der Waals surface area contributed by atoms with Gasteiger partial charge in [0.15, 0.2) is 0 Å². The van der Waals surface area contributed by atoms with Gasteiger partial charge in [-0.15, -0.1) is 0 Å². The monoisotopic (exact) mass is 255 g/mol. The molecule has 0 saturated carbocycles. The Hall–Kier alpha value is -2.01. The van der Waals surface area contributed by atoms with Crippen molar-refractivity contribution in [2.45, 2.75) is 18.6 Å². The highest BCUT2D eigenvalue weighted by atomic mass is 16.5. The van der Waals surface area contributed by atoms with Gasteiger partial charge in [-0.1, -0.05) is 0 Å². The molecule has 19 heavy (non-hydrogen) atoms. The Labute approximate surface area is 110 Å². The van der Waals surface area contributed by atoms with Gasteiger partial charge in [0.2, 0.25) is 0 Å². The van der Waals surface area contributed by atoms with Crippen molar-refractivity contribution in [1.29, 1.82) is 0 Å². The van der Waals surface area contributed by atoms with Crippen molar-refractivity contribution in [3.63, 3.8) is 0 Å². The van der Waals surface area contributed by atoms with E-state index >= 15 is 0 Å². The molecule has 2 fully saturated rings. The molecule has 3 heterocycles. The molecule has 2 atom stereocenters. The Bertz CT molecular complexity index is 658. The van der Waals surface area contributed by atoms with E-state index in [1.165, 1.54) is 0 Å². The lowest BCUT2D eigenvalue weighted by atomic mass is 10.1. The summed E-state index contributed by atoms with van der Waals surface area (Å²) in [5.74, 6) is 0.0725. The molecular formula is C14H13N3O2. The molecule has 0 unspecified atom stereocenters. The lowest BCUT2D eigenvalue weighted by Crippen LogP contribution is -2.41. The van der Waals surface area contributed by atoms with E-state index in [2.05, 4.69) is 9.97 Å². The molecule has 0 N–H and O–H groups in total. The van der Waals surface area contributed by atoms with Crippen LogP contribution in [0.2, 0.25) is 0 Å². The summed E-state index contributed by atoms with van der Waals surface area (Å²) in [5, 5.41) is 0. The summed E-state index contributed by atoms with van der Waals surface area (Å²) in [7, 11) is 0. The second-order valence-corrected chi connectivity index (χ2v) is 5.06. The summed E-state index contributed by atoms with van der Waals surface area (Å²) in [6.45, 7) is 1.38. The maximum absolute atomic E-state index is 12.5. The minimum Gasteiger partial charge on any atom is -0.374 e. The standard InChI is InChI=1S/C14H13N3O2/c18-14(17-7-11-6-10(17)8-19-11)9-1-2-12-13(5-9)16-4-3-15-12/h1-5,10-11H,6-8H2/t10-,11+/m0/s1. The van der Waals surface area contributed by atoms with E-state index in [4.69, 9.17) is 4.74 Å². The lowest BCUT2D eigenvalue weighted by molar-refractivity contribution is 0.0259. The molecule has 2 bridgehead atoms. The fourth-order valence-electron chi connectivity index (χ4n) is 2.91. The highest BCUT2D eigenvalue weighted by Gasteiger charge is 2.41. The highest BCUT2D eigenvalue weighted by Crippen LogP contribution is 2.29. The molecule has 2 aliphatic heterocycles. The normalized spacial score (nSPS) is 25.2. The number of hydrogen-bond donors (Lipinski definition) is 0. The SMILES string of the molecule is O=C(c1ccc2nccnc2c1)N1C[C@H]2C[C@H]1CO2. The molecule has 0 spiro atoms. The molecule has 1 aromatic heterocycles. The Morgan fingerprint density at radius 3 is 2.84 bits per heavy atom. The molecule has 5 nitrogen and oxygen atoms in total. The van der Waals surface area contributed by atoms with Crippen molar-refractivity contribution >= 4 is 16.9 Å². The molecule has 2 saturated heterocycles. The van der Waals surface area contributed by atoms with Crippen molar-refractivity contribution in [2.75, 3.05) is 13.2 Å². The number of morpholine rings is 1. The van der Waals surface area contributed by atoms with Crippen LogP contribution in [0.15, 0.2) is 30.6 Å². The van der Waals surface area contributed by atoms with Crippen LogP contribution < -0.4 is 0 Å². The predicted molar refractivity (Wildman–Crippen MR) is 68.7 cm³/mol. The summed E-state index contributed by atoms with van der Waals surface area (Å²) in [6.07, 6.45) is 4.50. The third-order valence-electron chi connectivity index (χ3n) is 3.88. The summed E-state index contributed by atoms with van der Waals surface area (Å²) < 4.78 is 5.52. The zero-order valence-corrected chi connectivity index (χ0v) is 10.3. The van der Waals surface area contributed by atoms with Gasteiger partial charge in [-0.05, 0) is 24.6 Å². The van der Waals surface area contributed by atoms with Crippen molar-refractivity contribution in [3.05, 3.63) is 36.2 Å². The third-order valence-corrected chi connectivity index (χ3v) is 3.88. The number of aromatic nitrogens is 2. The molecule has 2 aliphatic rings. The Morgan fingerprint density at radius 2 is 2.11 bits per heavy atom. The van der Waals surface area contributed by atoms with Crippen molar-refractivity contribution in [3.8, 4) is 0 Å². The van der Waals surface area contributed by atoms with E-state index in [1.807, 2.05) is 23.1 Å². The topological polar surface area (TPSA) is 55.3 Å². The van der Waals surface area contributed by atoms with Gasteiger partial charge in [-0.3, -0.25) is 14.8 Å². The largest absolute Gasteiger partial charge is 0.374 e. The molecule has 4 rings (SSSR count). The van der Waals surface area contributed by atoms with Crippen LogP contribution >= 0.6 is 0 Å². The first-order valence-corrected chi connectivity index (χ1v) is 6.44. The van der Waals surface area contributed by atoms with Crippen LogP contribution in [-0.2, 0) is 4.74 Å². The van der Waals surface area contributed by atoms with Crippen molar-refractivity contribution in [1.82, 2.24) is 14.9 Å². The van der Waals surface area contributed by atoms with Gasteiger partial charge in [-0.25, -0.2) is 0 Å². The predicted octanol–water partition coefficient (Wildman–Crippen LogP) is 1.24. The molecule has 96 valence electrons. The minimum atomic E-state index is 0.0725. The summed E-state index contributed by atoms with van der Waals surface area (Å²) in [6, 6.07) is 5.74. The zero-order chi connectivity index (χ0) is 12.8. The number of rotatable bonds is 1. The summed E-state index contributed by atoms with van der Waals surface area (Å²) in [5.41, 5.74) is 2.25. The third kappa shape index (κ3) is 1.69. The molecule has 1 aromatic carbocycles. The summed E-state index contributed by atoms with van der Waals surface area (Å²) in [4.78, 5) is 22.9. The highest BCUT2D eigenvalue weighted by molar-refractivity contribution is 5.97. The lowest BCUT2D eigenvalue weighted by Gasteiger charge is -2.26. The van der Waals surface area contributed by atoms with Crippen molar-refractivity contribution < 1.29 is 9.53 Å². The van der Waals surface area contributed by atoms with E-state index in [-0.39, 0.29) is 18.1 Å². The maximum Gasteiger partial charge on any atom is 0.254 e. The number of nitrogens with zero attached hydrogens (tertiary/aromatic N) is 3. The molecule has 2 aromatic rings. The average Bonchev–Trinajstić information content (AvgIpc) is 3.08. The summed E-state index contributed by atoms with van der Waals surface area (Å²) >= 11 is 0. The Kier molecular flexibility index (Phi) is 2.29. The molecule has 0 radical (unpaired) electrons.